The van der Waals surface area contributed by atoms with E-state index in [2.05, 4.69) is 10.2 Å². The lowest BCUT2D eigenvalue weighted by molar-refractivity contribution is -0.143. The Morgan fingerprint density at radius 1 is 1.54 bits per heavy atom. The van der Waals surface area contributed by atoms with Gasteiger partial charge in [-0.15, -0.1) is 0 Å². The first kappa shape index (κ1) is 8.97. The molecule has 0 aromatic carbocycles. The number of hydrogen-bond acceptors (Lipinski definition) is 4. The molecule has 4 nitrogen and oxygen atoms in total. The Morgan fingerprint density at radius 2 is 2.46 bits per heavy atom. The second-order valence-corrected chi connectivity index (χ2v) is 3.69. The first-order chi connectivity index (χ1) is 6.36. The smallest absolute Gasteiger partial charge is 0.320 e. The Bertz CT molecular complexity index is 190. The fraction of sp³-hybridized carbons (Fsp3) is 0.889. The van der Waals surface area contributed by atoms with E-state index in [9.17, 15) is 4.79 Å². The largest absolute Gasteiger partial charge is 0.465 e. The van der Waals surface area contributed by atoms with Gasteiger partial charge in [0, 0.05) is 19.1 Å². The minimum atomic E-state index is -0.0654. The Labute approximate surface area is 78.2 Å². The first-order valence-electron chi connectivity index (χ1n) is 4.96. The lowest BCUT2D eigenvalue weighted by atomic mass is 10.2. The number of rotatable bonds is 1. The number of hydrogen-bond donors (Lipinski definition) is 1. The average molecular weight is 184 g/mol. The van der Waals surface area contributed by atoms with E-state index in [0.717, 1.165) is 32.5 Å². The molecule has 2 heterocycles. The Balaban J connectivity index is 1.92. The highest BCUT2D eigenvalue weighted by molar-refractivity contribution is 5.71. The molecular formula is C9H16N2O2. The molecule has 0 aliphatic carbocycles. The Morgan fingerprint density at radius 3 is 3.23 bits per heavy atom. The van der Waals surface area contributed by atoms with Gasteiger partial charge >= 0.3 is 5.97 Å². The van der Waals surface area contributed by atoms with Crippen molar-refractivity contribution in [1.82, 2.24) is 10.2 Å². The number of carbonyl (C=O) groups excluding carboxylic acids is 1. The van der Waals surface area contributed by atoms with Gasteiger partial charge in [0.1, 0.15) is 0 Å². The van der Waals surface area contributed by atoms with Crippen molar-refractivity contribution in [3.05, 3.63) is 0 Å². The molecule has 0 saturated carbocycles. The second-order valence-electron chi connectivity index (χ2n) is 3.69. The van der Waals surface area contributed by atoms with E-state index in [4.69, 9.17) is 4.74 Å². The maximum Gasteiger partial charge on any atom is 0.320 e. The van der Waals surface area contributed by atoms with Gasteiger partial charge in [-0.25, -0.2) is 0 Å². The fourth-order valence-corrected chi connectivity index (χ4v) is 2.01. The standard InChI is InChI=1S/C9H16N2O2/c12-9-7-11(4-1-5-13-9)8-2-3-10-6-8/h8,10H,1-7H2. The molecule has 1 N–H and O–H groups in total. The molecule has 2 saturated heterocycles. The molecular weight excluding hydrogens is 168 g/mol. The van der Waals surface area contributed by atoms with E-state index in [1.807, 2.05) is 0 Å². The number of cyclic esters (lactones) is 1. The zero-order valence-corrected chi connectivity index (χ0v) is 7.79. The third-order valence-corrected chi connectivity index (χ3v) is 2.74. The van der Waals surface area contributed by atoms with Crippen molar-refractivity contribution >= 4 is 5.97 Å². The van der Waals surface area contributed by atoms with Crippen LogP contribution in [0, 0.1) is 0 Å². The predicted octanol–water partition coefficient (Wildman–Crippen LogP) is -0.403. The molecule has 4 heteroatoms. The summed E-state index contributed by atoms with van der Waals surface area (Å²) in [7, 11) is 0. The van der Waals surface area contributed by atoms with Gasteiger partial charge in [-0.2, -0.15) is 0 Å². The van der Waals surface area contributed by atoms with Crippen molar-refractivity contribution in [2.45, 2.75) is 18.9 Å². The quantitative estimate of drug-likeness (QED) is 0.563. The van der Waals surface area contributed by atoms with Crippen LogP contribution < -0.4 is 5.32 Å². The van der Waals surface area contributed by atoms with Crippen LogP contribution in [0.4, 0.5) is 0 Å². The van der Waals surface area contributed by atoms with E-state index in [1.165, 1.54) is 0 Å². The Kier molecular flexibility index (Phi) is 2.80. The summed E-state index contributed by atoms with van der Waals surface area (Å²) in [6.07, 6.45) is 2.13. The third-order valence-electron chi connectivity index (χ3n) is 2.74. The van der Waals surface area contributed by atoms with Gasteiger partial charge < -0.3 is 10.1 Å². The maximum atomic E-state index is 11.2. The van der Waals surface area contributed by atoms with E-state index >= 15 is 0 Å². The maximum absolute atomic E-state index is 11.2. The predicted molar refractivity (Wildman–Crippen MR) is 48.4 cm³/mol. The summed E-state index contributed by atoms with van der Waals surface area (Å²) < 4.78 is 4.99. The normalized spacial score (nSPS) is 31.4. The third kappa shape index (κ3) is 2.19. The average Bonchev–Trinajstić information content (AvgIpc) is 2.56. The molecule has 74 valence electrons. The van der Waals surface area contributed by atoms with Crippen LogP contribution in [0.15, 0.2) is 0 Å². The topological polar surface area (TPSA) is 41.6 Å². The molecule has 1 unspecified atom stereocenters. The minimum absolute atomic E-state index is 0.0654. The number of nitrogens with zero attached hydrogens (tertiary/aromatic N) is 1. The van der Waals surface area contributed by atoms with Crippen molar-refractivity contribution in [3.63, 3.8) is 0 Å². The van der Waals surface area contributed by atoms with Crippen LogP contribution in [0.25, 0.3) is 0 Å². The lowest BCUT2D eigenvalue weighted by Gasteiger charge is -2.24. The lowest BCUT2D eigenvalue weighted by Crippen LogP contribution is -2.39. The molecule has 0 spiro atoms. The number of nitrogens with one attached hydrogen (secondary N) is 1. The highest BCUT2D eigenvalue weighted by Crippen LogP contribution is 2.11. The molecule has 2 fully saturated rings. The van der Waals surface area contributed by atoms with Gasteiger partial charge in [0.15, 0.2) is 0 Å². The van der Waals surface area contributed by atoms with E-state index < -0.39 is 0 Å². The summed E-state index contributed by atoms with van der Waals surface area (Å²) >= 11 is 0. The fourth-order valence-electron chi connectivity index (χ4n) is 2.01. The molecule has 0 bridgehead atoms. The number of carbonyl (C=O) groups is 1. The molecule has 2 rings (SSSR count). The zero-order valence-electron chi connectivity index (χ0n) is 7.79. The van der Waals surface area contributed by atoms with Crippen LogP contribution in [0.1, 0.15) is 12.8 Å². The van der Waals surface area contributed by atoms with Crippen LogP contribution in [-0.4, -0.2) is 49.7 Å². The molecule has 0 radical (unpaired) electrons. The molecule has 0 aromatic heterocycles. The van der Waals surface area contributed by atoms with Gasteiger partial charge in [0.05, 0.1) is 13.2 Å². The van der Waals surface area contributed by atoms with Gasteiger partial charge in [-0.05, 0) is 19.4 Å². The monoisotopic (exact) mass is 184 g/mol. The second kappa shape index (κ2) is 4.07. The van der Waals surface area contributed by atoms with Crippen molar-refractivity contribution in [3.8, 4) is 0 Å². The summed E-state index contributed by atoms with van der Waals surface area (Å²) in [4.78, 5) is 13.4. The molecule has 0 aromatic rings. The highest BCUT2D eigenvalue weighted by atomic mass is 16.5. The van der Waals surface area contributed by atoms with E-state index in [-0.39, 0.29) is 5.97 Å². The van der Waals surface area contributed by atoms with Crippen molar-refractivity contribution in [2.24, 2.45) is 0 Å². The van der Waals surface area contributed by atoms with Crippen LogP contribution in [0.5, 0.6) is 0 Å². The van der Waals surface area contributed by atoms with Crippen LogP contribution in [-0.2, 0) is 9.53 Å². The first-order valence-corrected chi connectivity index (χ1v) is 4.96. The molecule has 2 aliphatic heterocycles. The summed E-state index contributed by atoms with van der Waals surface area (Å²) in [5.74, 6) is -0.0654. The number of esters is 1. The van der Waals surface area contributed by atoms with E-state index in [1.54, 1.807) is 0 Å². The van der Waals surface area contributed by atoms with Gasteiger partial charge in [-0.1, -0.05) is 0 Å². The SMILES string of the molecule is O=C1CN(C2CCNC2)CCCO1. The van der Waals surface area contributed by atoms with Gasteiger partial charge in [0.2, 0.25) is 0 Å². The summed E-state index contributed by atoms with van der Waals surface area (Å²) in [5, 5.41) is 3.31. The van der Waals surface area contributed by atoms with E-state index in [0.29, 0.717) is 19.2 Å². The van der Waals surface area contributed by atoms with Crippen LogP contribution in [0.3, 0.4) is 0 Å². The molecule has 0 amide bonds. The molecule has 1 atom stereocenters. The molecule has 2 aliphatic rings. The molecule has 13 heavy (non-hydrogen) atoms. The number of ether oxygens (including phenoxy) is 1. The zero-order chi connectivity index (χ0) is 9.10. The van der Waals surface area contributed by atoms with Crippen molar-refractivity contribution < 1.29 is 9.53 Å². The Hall–Kier alpha value is -0.610. The van der Waals surface area contributed by atoms with Gasteiger partial charge in [-0.3, -0.25) is 9.69 Å². The minimum Gasteiger partial charge on any atom is -0.465 e. The highest BCUT2D eigenvalue weighted by Gasteiger charge is 2.25. The van der Waals surface area contributed by atoms with Crippen molar-refractivity contribution in [1.29, 1.82) is 0 Å². The summed E-state index contributed by atoms with van der Waals surface area (Å²) in [5.41, 5.74) is 0. The van der Waals surface area contributed by atoms with Crippen molar-refractivity contribution in [2.75, 3.05) is 32.8 Å². The van der Waals surface area contributed by atoms with Gasteiger partial charge in [0.25, 0.3) is 0 Å². The summed E-state index contributed by atoms with van der Waals surface area (Å²) in [6, 6.07) is 0.547. The van der Waals surface area contributed by atoms with Crippen LogP contribution in [0.2, 0.25) is 0 Å². The summed E-state index contributed by atoms with van der Waals surface area (Å²) in [6.45, 7) is 4.17. The van der Waals surface area contributed by atoms with Crippen LogP contribution >= 0.6 is 0 Å².